The molecule has 28 heavy (non-hydrogen) atoms. The summed E-state index contributed by atoms with van der Waals surface area (Å²) in [5.74, 6) is 1.58. The number of para-hydroxylation sites is 1. The van der Waals surface area contributed by atoms with E-state index in [2.05, 4.69) is 30.9 Å². The van der Waals surface area contributed by atoms with E-state index < -0.39 is 0 Å². The van der Waals surface area contributed by atoms with Gasteiger partial charge in [0.05, 0.1) is 26.8 Å². The number of rotatable bonds is 7. The first-order valence-corrected chi connectivity index (χ1v) is 9.91. The van der Waals surface area contributed by atoms with E-state index in [0.717, 1.165) is 37.2 Å². The standard InChI is InChI=1S/C23H30N2O3/c1-5-24(19-10-7-6-9-17(19)2)16-23(26)25-14-8-11-20(25)18-12-13-21(27-3)22(15-18)28-4/h6-7,9-10,12-13,15,20H,5,8,11,14,16H2,1-4H3. The summed E-state index contributed by atoms with van der Waals surface area (Å²) in [6, 6.07) is 14.3. The van der Waals surface area contributed by atoms with Crippen molar-refractivity contribution < 1.29 is 14.3 Å². The van der Waals surface area contributed by atoms with Crippen LogP contribution in [0.5, 0.6) is 11.5 Å². The molecular weight excluding hydrogens is 352 g/mol. The summed E-state index contributed by atoms with van der Waals surface area (Å²) >= 11 is 0. The second-order valence-corrected chi connectivity index (χ2v) is 7.16. The molecule has 1 aliphatic heterocycles. The lowest BCUT2D eigenvalue weighted by molar-refractivity contribution is -0.130. The molecule has 0 saturated carbocycles. The number of anilines is 1. The van der Waals surface area contributed by atoms with Gasteiger partial charge in [0.15, 0.2) is 11.5 Å². The van der Waals surface area contributed by atoms with Gasteiger partial charge in [0.1, 0.15) is 0 Å². The summed E-state index contributed by atoms with van der Waals surface area (Å²) in [4.78, 5) is 17.4. The van der Waals surface area contributed by atoms with Gasteiger partial charge in [-0.25, -0.2) is 0 Å². The number of likely N-dealkylation sites (N-methyl/N-ethyl adjacent to an activating group) is 1. The number of carbonyl (C=O) groups excluding carboxylic acids is 1. The quantitative estimate of drug-likeness (QED) is 0.720. The van der Waals surface area contributed by atoms with Crippen LogP contribution in [-0.4, -0.2) is 44.7 Å². The number of hydrogen-bond donors (Lipinski definition) is 0. The Labute approximate surface area is 167 Å². The van der Waals surface area contributed by atoms with Crippen LogP contribution in [0.4, 0.5) is 5.69 Å². The number of hydrogen-bond acceptors (Lipinski definition) is 4. The molecule has 3 rings (SSSR count). The maximum Gasteiger partial charge on any atom is 0.242 e. The van der Waals surface area contributed by atoms with Gasteiger partial charge in [0.2, 0.25) is 5.91 Å². The number of aryl methyl sites for hydroxylation is 1. The van der Waals surface area contributed by atoms with Crippen LogP contribution < -0.4 is 14.4 Å². The van der Waals surface area contributed by atoms with E-state index in [9.17, 15) is 4.79 Å². The van der Waals surface area contributed by atoms with Crippen LogP contribution in [0.1, 0.15) is 36.9 Å². The van der Waals surface area contributed by atoms with Crippen LogP contribution in [0.3, 0.4) is 0 Å². The molecule has 1 unspecified atom stereocenters. The number of methoxy groups -OCH3 is 2. The largest absolute Gasteiger partial charge is 0.493 e. The highest BCUT2D eigenvalue weighted by Gasteiger charge is 2.31. The van der Waals surface area contributed by atoms with Gasteiger partial charge in [-0.3, -0.25) is 4.79 Å². The van der Waals surface area contributed by atoms with E-state index in [1.165, 1.54) is 5.56 Å². The first-order chi connectivity index (χ1) is 13.6. The fourth-order valence-electron chi connectivity index (χ4n) is 4.01. The summed E-state index contributed by atoms with van der Waals surface area (Å²) in [5, 5.41) is 0. The predicted octanol–water partition coefficient (Wildman–Crippen LogP) is 4.20. The molecule has 0 bridgehead atoms. The molecule has 2 aromatic rings. The van der Waals surface area contributed by atoms with E-state index in [-0.39, 0.29) is 11.9 Å². The summed E-state index contributed by atoms with van der Waals surface area (Å²) < 4.78 is 10.8. The summed E-state index contributed by atoms with van der Waals surface area (Å²) in [6.07, 6.45) is 1.99. The molecule has 150 valence electrons. The van der Waals surface area contributed by atoms with Gasteiger partial charge in [-0.2, -0.15) is 0 Å². The molecule has 5 heteroatoms. The number of ether oxygens (including phenoxy) is 2. The minimum Gasteiger partial charge on any atom is -0.493 e. The van der Waals surface area contributed by atoms with E-state index in [1.54, 1.807) is 14.2 Å². The van der Waals surface area contributed by atoms with Crippen LogP contribution in [0, 0.1) is 6.92 Å². The Kier molecular flexibility index (Phi) is 6.45. The zero-order chi connectivity index (χ0) is 20.1. The maximum absolute atomic E-state index is 13.2. The minimum absolute atomic E-state index is 0.0860. The van der Waals surface area contributed by atoms with Crippen molar-refractivity contribution in [3.63, 3.8) is 0 Å². The van der Waals surface area contributed by atoms with E-state index in [4.69, 9.17) is 9.47 Å². The molecule has 1 heterocycles. The van der Waals surface area contributed by atoms with Gasteiger partial charge in [-0.1, -0.05) is 24.3 Å². The van der Waals surface area contributed by atoms with Crippen molar-refractivity contribution >= 4 is 11.6 Å². The highest BCUT2D eigenvalue weighted by atomic mass is 16.5. The molecule has 1 fully saturated rings. The van der Waals surface area contributed by atoms with Gasteiger partial charge in [0.25, 0.3) is 0 Å². The Balaban J connectivity index is 1.78. The van der Waals surface area contributed by atoms with Gasteiger partial charge >= 0.3 is 0 Å². The van der Waals surface area contributed by atoms with Crippen molar-refractivity contribution in [2.45, 2.75) is 32.7 Å². The summed E-state index contributed by atoms with van der Waals surface area (Å²) in [7, 11) is 3.27. The van der Waals surface area contributed by atoms with Crippen molar-refractivity contribution in [1.29, 1.82) is 0 Å². The molecule has 0 N–H and O–H groups in total. The highest BCUT2D eigenvalue weighted by Crippen LogP contribution is 2.37. The second kappa shape index (κ2) is 9.00. The molecule has 0 spiro atoms. The zero-order valence-corrected chi connectivity index (χ0v) is 17.3. The zero-order valence-electron chi connectivity index (χ0n) is 17.3. The molecule has 5 nitrogen and oxygen atoms in total. The van der Waals surface area contributed by atoms with Crippen molar-refractivity contribution in [3.8, 4) is 11.5 Å². The van der Waals surface area contributed by atoms with E-state index >= 15 is 0 Å². The lowest BCUT2D eigenvalue weighted by Crippen LogP contribution is -2.40. The van der Waals surface area contributed by atoms with Crippen LogP contribution >= 0.6 is 0 Å². The average Bonchev–Trinajstić information content (AvgIpc) is 3.22. The third-order valence-electron chi connectivity index (χ3n) is 5.53. The number of likely N-dealkylation sites (tertiary alicyclic amines) is 1. The predicted molar refractivity (Wildman–Crippen MR) is 112 cm³/mol. The van der Waals surface area contributed by atoms with E-state index in [0.29, 0.717) is 18.0 Å². The molecular formula is C23H30N2O3. The van der Waals surface area contributed by atoms with Crippen LogP contribution in [-0.2, 0) is 4.79 Å². The fourth-order valence-corrected chi connectivity index (χ4v) is 4.01. The maximum atomic E-state index is 13.2. The lowest BCUT2D eigenvalue weighted by atomic mass is 10.0. The molecule has 0 aromatic heterocycles. The minimum atomic E-state index is 0.0860. The molecule has 0 aliphatic carbocycles. The molecule has 1 aliphatic rings. The highest BCUT2D eigenvalue weighted by molar-refractivity contribution is 5.82. The summed E-state index contributed by atoms with van der Waals surface area (Å²) in [5.41, 5.74) is 3.41. The first kappa shape index (κ1) is 20.1. The Hall–Kier alpha value is -2.69. The smallest absolute Gasteiger partial charge is 0.242 e. The first-order valence-electron chi connectivity index (χ1n) is 9.91. The third kappa shape index (κ3) is 4.08. The molecule has 0 radical (unpaired) electrons. The van der Waals surface area contributed by atoms with Crippen LogP contribution in [0.25, 0.3) is 0 Å². The Bertz CT molecular complexity index is 821. The fraction of sp³-hybridized carbons (Fsp3) is 0.435. The van der Waals surface area contributed by atoms with Gasteiger partial charge < -0.3 is 19.3 Å². The average molecular weight is 383 g/mol. The van der Waals surface area contributed by atoms with Crippen molar-refractivity contribution in [2.75, 3.05) is 38.8 Å². The molecule has 1 atom stereocenters. The third-order valence-corrected chi connectivity index (χ3v) is 5.53. The molecule has 1 amide bonds. The molecule has 2 aromatic carbocycles. The Morgan fingerprint density at radius 1 is 1.14 bits per heavy atom. The van der Waals surface area contributed by atoms with Crippen molar-refractivity contribution in [2.24, 2.45) is 0 Å². The number of amides is 1. The monoisotopic (exact) mass is 382 g/mol. The Morgan fingerprint density at radius 2 is 1.89 bits per heavy atom. The topological polar surface area (TPSA) is 42.0 Å². The van der Waals surface area contributed by atoms with Gasteiger partial charge in [0, 0.05) is 18.8 Å². The normalized spacial score (nSPS) is 16.1. The van der Waals surface area contributed by atoms with Crippen molar-refractivity contribution in [3.05, 3.63) is 53.6 Å². The summed E-state index contributed by atoms with van der Waals surface area (Å²) in [6.45, 7) is 6.17. The van der Waals surface area contributed by atoms with Crippen molar-refractivity contribution in [1.82, 2.24) is 4.90 Å². The van der Waals surface area contributed by atoms with E-state index in [1.807, 2.05) is 35.2 Å². The SMILES string of the molecule is CCN(CC(=O)N1CCCC1c1ccc(OC)c(OC)c1)c1ccccc1C. The van der Waals surface area contributed by atoms with Crippen LogP contribution in [0.2, 0.25) is 0 Å². The second-order valence-electron chi connectivity index (χ2n) is 7.16. The lowest BCUT2D eigenvalue weighted by Gasteiger charge is -2.30. The number of benzene rings is 2. The number of nitrogens with zero attached hydrogens (tertiary/aromatic N) is 2. The van der Waals surface area contributed by atoms with Gasteiger partial charge in [-0.05, 0) is 56.0 Å². The van der Waals surface area contributed by atoms with Crippen LogP contribution in [0.15, 0.2) is 42.5 Å². The molecule has 1 saturated heterocycles. The van der Waals surface area contributed by atoms with Gasteiger partial charge in [-0.15, -0.1) is 0 Å². The number of carbonyl (C=O) groups is 1. The Morgan fingerprint density at radius 3 is 2.57 bits per heavy atom.